The lowest BCUT2D eigenvalue weighted by Gasteiger charge is -2.01. The molecular weight excluding hydrogens is 146 g/mol. The lowest BCUT2D eigenvalue weighted by atomic mass is 10.3. The van der Waals surface area contributed by atoms with Crippen LogP contribution >= 0.6 is 12.2 Å². The van der Waals surface area contributed by atoms with Crippen LogP contribution in [0.2, 0.25) is 0 Å². The van der Waals surface area contributed by atoms with Crippen molar-refractivity contribution in [2.75, 3.05) is 7.11 Å². The Labute approximate surface area is 64.9 Å². The highest BCUT2D eigenvalue weighted by Gasteiger charge is 1.96. The van der Waals surface area contributed by atoms with Gasteiger partial charge in [-0.25, -0.2) is 0 Å². The summed E-state index contributed by atoms with van der Waals surface area (Å²) in [4.78, 5) is 2.88. The third-order valence-electron chi connectivity index (χ3n) is 1.32. The van der Waals surface area contributed by atoms with Crippen molar-refractivity contribution >= 4 is 12.2 Å². The van der Waals surface area contributed by atoms with Crippen molar-refractivity contribution in [3.05, 3.63) is 22.5 Å². The van der Waals surface area contributed by atoms with Gasteiger partial charge in [-0.05, 0) is 18.6 Å². The van der Waals surface area contributed by atoms with E-state index in [1.54, 1.807) is 13.3 Å². The topological polar surface area (TPSA) is 25.0 Å². The molecule has 0 spiro atoms. The summed E-state index contributed by atoms with van der Waals surface area (Å²) in [5, 5.41) is 0. The molecule has 0 aliphatic carbocycles. The molecule has 0 atom stereocenters. The third-order valence-corrected chi connectivity index (χ3v) is 1.62. The predicted molar refractivity (Wildman–Crippen MR) is 42.9 cm³/mol. The molecule has 0 radical (unpaired) electrons. The first-order valence-corrected chi connectivity index (χ1v) is 3.39. The molecule has 0 fully saturated rings. The van der Waals surface area contributed by atoms with Gasteiger partial charge in [-0.2, -0.15) is 0 Å². The van der Waals surface area contributed by atoms with Gasteiger partial charge < -0.3 is 9.72 Å². The zero-order chi connectivity index (χ0) is 7.56. The third kappa shape index (κ3) is 1.19. The average molecular weight is 155 g/mol. The lowest BCUT2D eigenvalue weighted by Crippen LogP contribution is -1.88. The largest absolute Gasteiger partial charge is 0.493 e. The zero-order valence-electron chi connectivity index (χ0n) is 5.97. The van der Waals surface area contributed by atoms with Gasteiger partial charge in [-0.1, -0.05) is 12.2 Å². The first kappa shape index (κ1) is 7.28. The van der Waals surface area contributed by atoms with Gasteiger partial charge in [0.2, 0.25) is 0 Å². The van der Waals surface area contributed by atoms with Crippen LogP contribution in [0.15, 0.2) is 12.3 Å². The standard InChI is InChI=1S/C7H9NOS/c1-5-3-4-8-7(10)6(5)9-2/h3-4H,1-2H3,(H,8,10). The van der Waals surface area contributed by atoms with Gasteiger partial charge in [0, 0.05) is 6.20 Å². The second kappa shape index (κ2) is 2.84. The molecular formula is C7H9NOS. The average Bonchev–Trinajstić information content (AvgIpc) is 1.88. The lowest BCUT2D eigenvalue weighted by molar-refractivity contribution is 0.408. The minimum atomic E-state index is 0.655. The van der Waals surface area contributed by atoms with Crippen molar-refractivity contribution < 1.29 is 4.74 Å². The summed E-state index contributed by atoms with van der Waals surface area (Å²) < 4.78 is 5.70. The summed E-state index contributed by atoms with van der Waals surface area (Å²) in [7, 11) is 1.62. The van der Waals surface area contributed by atoms with Gasteiger partial charge in [0.15, 0.2) is 5.75 Å². The molecule has 1 rings (SSSR count). The molecule has 0 aliphatic heterocycles. The van der Waals surface area contributed by atoms with Gasteiger partial charge in [-0.3, -0.25) is 0 Å². The fraction of sp³-hybridized carbons (Fsp3) is 0.286. The van der Waals surface area contributed by atoms with Gasteiger partial charge >= 0.3 is 0 Å². The zero-order valence-corrected chi connectivity index (χ0v) is 6.79. The van der Waals surface area contributed by atoms with Crippen LogP contribution in [0.25, 0.3) is 0 Å². The van der Waals surface area contributed by atoms with E-state index in [4.69, 9.17) is 17.0 Å². The maximum Gasteiger partial charge on any atom is 0.156 e. The molecule has 0 aliphatic rings. The van der Waals surface area contributed by atoms with Gasteiger partial charge in [-0.15, -0.1) is 0 Å². The molecule has 1 aromatic heterocycles. The highest BCUT2D eigenvalue weighted by molar-refractivity contribution is 7.71. The van der Waals surface area contributed by atoms with Crippen LogP contribution in [0, 0.1) is 11.6 Å². The summed E-state index contributed by atoms with van der Waals surface area (Å²) >= 11 is 4.96. The Morgan fingerprint density at radius 3 is 2.70 bits per heavy atom. The Balaban J connectivity index is 3.31. The van der Waals surface area contributed by atoms with Crippen LogP contribution in [0.3, 0.4) is 0 Å². The van der Waals surface area contributed by atoms with Crippen LogP contribution in [-0.2, 0) is 0 Å². The predicted octanol–water partition coefficient (Wildman–Crippen LogP) is 2.06. The van der Waals surface area contributed by atoms with Crippen LogP contribution in [0.1, 0.15) is 5.56 Å². The van der Waals surface area contributed by atoms with E-state index in [0.717, 1.165) is 11.3 Å². The minimum absolute atomic E-state index is 0.655. The second-order valence-corrected chi connectivity index (χ2v) is 2.43. The second-order valence-electron chi connectivity index (χ2n) is 2.02. The molecule has 1 aromatic rings. The molecule has 54 valence electrons. The molecule has 0 unspecified atom stereocenters. The molecule has 0 saturated carbocycles. The normalized spacial score (nSPS) is 9.40. The van der Waals surface area contributed by atoms with Gasteiger partial charge in [0.25, 0.3) is 0 Å². The van der Waals surface area contributed by atoms with E-state index < -0.39 is 0 Å². The van der Waals surface area contributed by atoms with E-state index >= 15 is 0 Å². The SMILES string of the molecule is COc1c(C)cc[nH]c1=S. The quantitative estimate of drug-likeness (QED) is 0.628. The van der Waals surface area contributed by atoms with Crippen molar-refractivity contribution in [2.45, 2.75) is 6.92 Å². The Hall–Kier alpha value is -0.830. The van der Waals surface area contributed by atoms with Crippen molar-refractivity contribution in [2.24, 2.45) is 0 Å². The first-order chi connectivity index (χ1) is 4.75. The molecule has 10 heavy (non-hydrogen) atoms. The van der Waals surface area contributed by atoms with Crippen LogP contribution in [0.4, 0.5) is 0 Å². The number of nitrogens with one attached hydrogen (secondary N) is 1. The number of hydrogen-bond donors (Lipinski definition) is 1. The maximum absolute atomic E-state index is 5.04. The Morgan fingerprint density at radius 1 is 1.60 bits per heavy atom. The van der Waals surface area contributed by atoms with Crippen LogP contribution in [-0.4, -0.2) is 12.1 Å². The van der Waals surface area contributed by atoms with E-state index in [2.05, 4.69) is 4.98 Å². The van der Waals surface area contributed by atoms with Crippen molar-refractivity contribution in [3.63, 3.8) is 0 Å². The number of hydrogen-bond acceptors (Lipinski definition) is 2. The van der Waals surface area contributed by atoms with E-state index in [0.29, 0.717) is 4.64 Å². The summed E-state index contributed by atoms with van der Waals surface area (Å²) in [6.07, 6.45) is 1.81. The van der Waals surface area contributed by atoms with Crippen molar-refractivity contribution in [3.8, 4) is 5.75 Å². The molecule has 1 N–H and O–H groups in total. The molecule has 0 saturated heterocycles. The van der Waals surface area contributed by atoms with E-state index in [1.807, 2.05) is 13.0 Å². The number of aromatic nitrogens is 1. The molecule has 1 heterocycles. The summed E-state index contributed by atoms with van der Waals surface area (Å²) in [6, 6.07) is 1.93. The smallest absolute Gasteiger partial charge is 0.156 e. The fourth-order valence-corrected chi connectivity index (χ4v) is 1.13. The number of pyridine rings is 1. The number of methoxy groups -OCH3 is 1. The molecule has 2 nitrogen and oxygen atoms in total. The Bertz CT molecular complexity index is 279. The Morgan fingerprint density at radius 2 is 2.30 bits per heavy atom. The summed E-state index contributed by atoms with van der Waals surface area (Å²) in [6.45, 7) is 1.96. The fourth-order valence-electron chi connectivity index (χ4n) is 0.816. The number of H-pyrrole nitrogens is 1. The number of rotatable bonds is 1. The van der Waals surface area contributed by atoms with E-state index in [1.165, 1.54) is 0 Å². The molecule has 0 aromatic carbocycles. The van der Waals surface area contributed by atoms with E-state index in [-0.39, 0.29) is 0 Å². The summed E-state index contributed by atoms with van der Waals surface area (Å²) in [5.41, 5.74) is 1.06. The highest BCUT2D eigenvalue weighted by Crippen LogP contribution is 2.15. The number of aryl methyl sites for hydroxylation is 1. The van der Waals surface area contributed by atoms with Gasteiger partial charge in [0.1, 0.15) is 4.64 Å². The molecule has 0 bridgehead atoms. The van der Waals surface area contributed by atoms with Gasteiger partial charge in [0.05, 0.1) is 7.11 Å². The Kier molecular flexibility index (Phi) is 2.06. The van der Waals surface area contributed by atoms with Crippen LogP contribution < -0.4 is 4.74 Å². The van der Waals surface area contributed by atoms with Crippen LogP contribution in [0.5, 0.6) is 5.75 Å². The molecule has 3 heteroatoms. The first-order valence-electron chi connectivity index (χ1n) is 2.98. The van der Waals surface area contributed by atoms with Crippen molar-refractivity contribution in [1.82, 2.24) is 4.98 Å². The maximum atomic E-state index is 5.04. The summed E-state index contributed by atoms with van der Waals surface area (Å²) in [5.74, 6) is 0.762. The highest BCUT2D eigenvalue weighted by atomic mass is 32.1. The van der Waals surface area contributed by atoms with E-state index in [9.17, 15) is 0 Å². The number of aromatic amines is 1. The minimum Gasteiger partial charge on any atom is -0.493 e. The molecule has 0 amide bonds. The number of ether oxygens (including phenoxy) is 1. The van der Waals surface area contributed by atoms with Crippen molar-refractivity contribution in [1.29, 1.82) is 0 Å². The monoisotopic (exact) mass is 155 g/mol.